The summed E-state index contributed by atoms with van der Waals surface area (Å²) < 4.78 is 26.7. The van der Waals surface area contributed by atoms with E-state index in [1.165, 1.54) is 4.31 Å². The maximum atomic E-state index is 12.6. The summed E-state index contributed by atoms with van der Waals surface area (Å²) in [5.74, 6) is 0.175. The summed E-state index contributed by atoms with van der Waals surface area (Å²) in [6.45, 7) is 4.41. The quantitative estimate of drug-likeness (QED) is 0.931. The van der Waals surface area contributed by atoms with Crippen molar-refractivity contribution in [3.05, 3.63) is 28.8 Å². The number of hydrogen-bond donors (Lipinski definition) is 1. The Labute approximate surface area is 125 Å². The highest BCUT2D eigenvalue weighted by Gasteiger charge is 2.32. The van der Waals surface area contributed by atoms with E-state index < -0.39 is 10.0 Å². The standard InChI is InChI=1S/C14H20ClNO3S/c1-10-4-3-5-13(14(10)15)20(18,19)16-8-6-12(7-9-16)11(2)17/h3-5,11-12,17H,6-9H2,1-2H3. The first-order valence-corrected chi connectivity index (χ1v) is 8.59. The van der Waals surface area contributed by atoms with Crippen LogP contribution in [0.15, 0.2) is 23.1 Å². The van der Waals surface area contributed by atoms with E-state index in [1.54, 1.807) is 32.0 Å². The summed E-state index contributed by atoms with van der Waals surface area (Å²) in [5.41, 5.74) is 0.756. The summed E-state index contributed by atoms with van der Waals surface area (Å²) in [6.07, 6.45) is 0.975. The first-order chi connectivity index (χ1) is 9.34. The van der Waals surface area contributed by atoms with E-state index in [1.807, 2.05) is 0 Å². The Kier molecular flexibility index (Phi) is 4.74. The molecule has 1 aromatic rings. The van der Waals surface area contributed by atoms with Gasteiger partial charge in [0.1, 0.15) is 4.90 Å². The lowest BCUT2D eigenvalue weighted by molar-refractivity contribution is 0.0912. The maximum absolute atomic E-state index is 12.6. The molecule has 0 bridgehead atoms. The van der Waals surface area contributed by atoms with E-state index in [9.17, 15) is 13.5 Å². The van der Waals surface area contributed by atoms with Gasteiger partial charge in [0, 0.05) is 13.1 Å². The van der Waals surface area contributed by atoms with Crippen LogP contribution in [0, 0.1) is 12.8 Å². The van der Waals surface area contributed by atoms with Crippen molar-refractivity contribution >= 4 is 21.6 Å². The van der Waals surface area contributed by atoms with E-state index in [2.05, 4.69) is 0 Å². The molecule has 1 saturated heterocycles. The van der Waals surface area contributed by atoms with Gasteiger partial charge >= 0.3 is 0 Å². The zero-order valence-electron chi connectivity index (χ0n) is 11.7. The molecule has 0 aliphatic carbocycles. The molecule has 112 valence electrons. The van der Waals surface area contributed by atoms with Crippen LogP contribution in [0.2, 0.25) is 5.02 Å². The molecule has 20 heavy (non-hydrogen) atoms. The normalized spacial score (nSPS) is 20.0. The summed E-state index contributed by atoms with van der Waals surface area (Å²) in [6, 6.07) is 5.04. The van der Waals surface area contributed by atoms with Gasteiger partial charge in [-0.15, -0.1) is 0 Å². The van der Waals surface area contributed by atoms with Crippen LogP contribution in [0.5, 0.6) is 0 Å². The summed E-state index contributed by atoms with van der Waals surface area (Å²) in [4.78, 5) is 0.176. The van der Waals surface area contributed by atoms with E-state index >= 15 is 0 Å². The van der Waals surface area contributed by atoms with Crippen molar-refractivity contribution < 1.29 is 13.5 Å². The van der Waals surface area contributed by atoms with Gasteiger partial charge in [0.2, 0.25) is 10.0 Å². The average molecular weight is 318 g/mol. The number of hydrogen-bond acceptors (Lipinski definition) is 3. The van der Waals surface area contributed by atoms with Crippen molar-refractivity contribution in [1.29, 1.82) is 0 Å². The third-order valence-corrected chi connectivity index (χ3v) is 6.51. The minimum absolute atomic E-state index is 0.175. The largest absolute Gasteiger partial charge is 0.393 e. The number of halogens is 1. The molecule has 1 atom stereocenters. The monoisotopic (exact) mass is 317 g/mol. The van der Waals surface area contributed by atoms with E-state index in [4.69, 9.17) is 11.6 Å². The SMILES string of the molecule is Cc1cccc(S(=O)(=O)N2CCC(C(C)O)CC2)c1Cl. The van der Waals surface area contributed by atoms with Crippen LogP contribution in [-0.4, -0.2) is 37.0 Å². The Hall–Kier alpha value is -0.620. The van der Waals surface area contributed by atoms with Gasteiger partial charge in [-0.05, 0) is 44.2 Å². The number of sulfonamides is 1. The number of nitrogens with zero attached hydrogens (tertiary/aromatic N) is 1. The fourth-order valence-electron chi connectivity index (χ4n) is 2.56. The third kappa shape index (κ3) is 3.01. The number of rotatable bonds is 3. The molecule has 1 aromatic carbocycles. The summed E-state index contributed by atoms with van der Waals surface area (Å²) >= 11 is 6.13. The van der Waals surface area contributed by atoms with Crippen LogP contribution in [0.25, 0.3) is 0 Å². The average Bonchev–Trinajstić information content (AvgIpc) is 2.41. The van der Waals surface area contributed by atoms with Crippen LogP contribution in [-0.2, 0) is 10.0 Å². The second-order valence-electron chi connectivity index (χ2n) is 5.37. The van der Waals surface area contributed by atoms with Gasteiger partial charge in [-0.25, -0.2) is 8.42 Å². The van der Waals surface area contributed by atoms with Crippen LogP contribution < -0.4 is 0 Å². The lowest BCUT2D eigenvalue weighted by atomic mass is 9.93. The van der Waals surface area contributed by atoms with E-state index in [0.717, 1.165) is 5.56 Å². The molecular formula is C14H20ClNO3S. The number of benzene rings is 1. The molecule has 0 aromatic heterocycles. The van der Waals surface area contributed by atoms with Crippen LogP contribution in [0.1, 0.15) is 25.3 Å². The van der Waals surface area contributed by atoms with Crippen molar-refractivity contribution in [1.82, 2.24) is 4.31 Å². The molecule has 1 aliphatic rings. The van der Waals surface area contributed by atoms with Gasteiger partial charge in [-0.2, -0.15) is 4.31 Å². The highest BCUT2D eigenvalue weighted by atomic mass is 35.5. The molecule has 1 heterocycles. The highest BCUT2D eigenvalue weighted by molar-refractivity contribution is 7.89. The molecule has 6 heteroatoms. The number of piperidine rings is 1. The molecule has 1 unspecified atom stereocenters. The zero-order valence-corrected chi connectivity index (χ0v) is 13.3. The van der Waals surface area contributed by atoms with Crippen LogP contribution >= 0.6 is 11.6 Å². The number of aliphatic hydroxyl groups is 1. The Morgan fingerprint density at radius 1 is 1.35 bits per heavy atom. The third-order valence-electron chi connectivity index (χ3n) is 3.95. The van der Waals surface area contributed by atoms with Gasteiger partial charge in [0.15, 0.2) is 0 Å². The number of aryl methyl sites for hydroxylation is 1. The summed E-state index contributed by atoms with van der Waals surface area (Å²) in [5, 5.41) is 9.87. The molecule has 0 spiro atoms. The maximum Gasteiger partial charge on any atom is 0.244 e. The Balaban J connectivity index is 2.22. The van der Waals surface area contributed by atoms with Crippen molar-refractivity contribution in [2.75, 3.05) is 13.1 Å². The van der Waals surface area contributed by atoms with E-state index in [-0.39, 0.29) is 16.9 Å². The minimum Gasteiger partial charge on any atom is -0.393 e. The molecular weight excluding hydrogens is 298 g/mol. The predicted molar refractivity (Wildman–Crippen MR) is 79.4 cm³/mol. The van der Waals surface area contributed by atoms with Crippen molar-refractivity contribution in [2.24, 2.45) is 5.92 Å². The Morgan fingerprint density at radius 2 is 1.95 bits per heavy atom. The van der Waals surface area contributed by atoms with Crippen LogP contribution in [0.3, 0.4) is 0 Å². The molecule has 0 amide bonds. The molecule has 0 radical (unpaired) electrons. The Bertz CT molecular complexity index is 578. The first-order valence-electron chi connectivity index (χ1n) is 6.77. The second kappa shape index (κ2) is 6.02. The second-order valence-corrected chi connectivity index (χ2v) is 7.65. The molecule has 4 nitrogen and oxygen atoms in total. The lowest BCUT2D eigenvalue weighted by Gasteiger charge is -2.32. The molecule has 2 rings (SSSR count). The van der Waals surface area contributed by atoms with Crippen molar-refractivity contribution in [3.63, 3.8) is 0 Å². The highest BCUT2D eigenvalue weighted by Crippen LogP contribution is 2.30. The van der Waals surface area contributed by atoms with Gasteiger partial charge in [-0.3, -0.25) is 0 Å². The summed E-state index contributed by atoms with van der Waals surface area (Å²) in [7, 11) is -3.54. The van der Waals surface area contributed by atoms with E-state index in [0.29, 0.717) is 31.0 Å². The van der Waals surface area contributed by atoms with Crippen molar-refractivity contribution in [2.45, 2.75) is 37.7 Å². The van der Waals surface area contributed by atoms with Gasteiger partial charge in [0.05, 0.1) is 11.1 Å². The first kappa shape index (κ1) is 15.8. The van der Waals surface area contributed by atoms with Gasteiger partial charge < -0.3 is 5.11 Å². The van der Waals surface area contributed by atoms with Gasteiger partial charge in [-0.1, -0.05) is 23.7 Å². The smallest absolute Gasteiger partial charge is 0.244 e. The topological polar surface area (TPSA) is 57.6 Å². The Morgan fingerprint density at radius 3 is 2.50 bits per heavy atom. The lowest BCUT2D eigenvalue weighted by Crippen LogP contribution is -2.40. The zero-order chi connectivity index (χ0) is 14.9. The molecule has 1 N–H and O–H groups in total. The fraction of sp³-hybridized carbons (Fsp3) is 0.571. The predicted octanol–water partition coefficient (Wildman–Crippen LogP) is 2.43. The fourth-order valence-corrected chi connectivity index (χ4v) is 4.58. The van der Waals surface area contributed by atoms with Gasteiger partial charge in [0.25, 0.3) is 0 Å². The molecule has 1 aliphatic heterocycles. The van der Waals surface area contributed by atoms with Crippen LogP contribution in [0.4, 0.5) is 0 Å². The number of aliphatic hydroxyl groups excluding tert-OH is 1. The molecule has 1 fully saturated rings. The molecule has 0 saturated carbocycles. The minimum atomic E-state index is -3.54. The van der Waals surface area contributed by atoms with Crippen molar-refractivity contribution in [3.8, 4) is 0 Å².